The summed E-state index contributed by atoms with van der Waals surface area (Å²) in [5, 5.41) is 4.61. The number of amides is 1. The van der Waals surface area contributed by atoms with Crippen LogP contribution in [0.2, 0.25) is 0 Å². The lowest BCUT2D eigenvalue weighted by Crippen LogP contribution is -2.84. The maximum atomic E-state index is 14.2. The number of benzene rings is 1. The number of piperazine rings is 1. The fourth-order valence-corrected chi connectivity index (χ4v) is 7.91. The number of carbonyl (C=O) groups excluding carboxylic acids is 1. The Balaban J connectivity index is 0.935. The monoisotopic (exact) mass is 682 g/mol. The smallest absolute Gasteiger partial charge is 0.445 e. The number of hydrogen-bond acceptors (Lipinski definition) is 10. The van der Waals surface area contributed by atoms with Crippen molar-refractivity contribution >= 4 is 17.7 Å². The van der Waals surface area contributed by atoms with E-state index < -0.39 is 17.5 Å². The van der Waals surface area contributed by atoms with Crippen molar-refractivity contribution in [2.24, 2.45) is 0 Å². The Labute approximate surface area is 282 Å². The molecule has 49 heavy (non-hydrogen) atoms. The molecule has 15 heteroatoms. The van der Waals surface area contributed by atoms with Crippen LogP contribution in [0.3, 0.4) is 0 Å². The number of halogens is 3. The van der Waals surface area contributed by atoms with Crippen LogP contribution in [0.5, 0.6) is 0 Å². The van der Waals surface area contributed by atoms with Gasteiger partial charge in [-0.15, -0.1) is 0 Å². The maximum Gasteiger partial charge on any atom is 0.451 e. The summed E-state index contributed by atoms with van der Waals surface area (Å²) >= 11 is 0. The number of rotatable bonds is 7. The minimum Gasteiger partial charge on any atom is -0.445 e. The average Bonchev–Trinajstić information content (AvgIpc) is 3.42. The van der Waals surface area contributed by atoms with E-state index in [4.69, 9.17) is 14.2 Å². The summed E-state index contributed by atoms with van der Waals surface area (Å²) in [7, 11) is 0. The first-order valence-electron chi connectivity index (χ1n) is 17.1. The van der Waals surface area contributed by atoms with Crippen molar-refractivity contribution in [3.8, 4) is 0 Å². The second kappa shape index (κ2) is 12.7. The van der Waals surface area contributed by atoms with E-state index in [-0.39, 0.29) is 36.5 Å². The Morgan fingerprint density at radius 1 is 0.980 bits per heavy atom. The van der Waals surface area contributed by atoms with E-state index in [0.29, 0.717) is 78.1 Å². The first-order valence-corrected chi connectivity index (χ1v) is 17.1. The first kappa shape index (κ1) is 32.3. The van der Waals surface area contributed by atoms with Crippen LogP contribution in [-0.2, 0) is 27.0 Å². The largest absolute Gasteiger partial charge is 0.451 e. The highest BCUT2D eigenvalue weighted by Crippen LogP contribution is 2.45. The number of aryl methyl sites for hydroxylation is 1. The molecule has 0 N–H and O–H groups in total. The molecule has 12 nitrogen and oxygen atoms in total. The molecule has 0 radical (unpaired) electrons. The van der Waals surface area contributed by atoms with Crippen molar-refractivity contribution in [3.05, 3.63) is 65.2 Å². The van der Waals surface area contributed by atoms with Crippen molar-refractivity contribution in [2.45, 2.75) is 56.1 Å². The molecule has 1 spiro atoms. The summed E-state index contributed by atoms with van der Waals surface area (Å²) in [5.74, 6) is -0.279. The molecule has 5 aliphatic rings. The van der Waals surface area contributed by atoms with E-state index in [9.17, 15) is 18.0 Å². The molecule has 5 aliphatic heterocycles. The Morgan fingerprint density at radius 2 is 1.69 bits per heavy atom. The van der Waals surface area contributed by atoms with Gasteiger partial charge in [0.15, 0.2) is 0 Å². The van der Waals surface area contributed by atoms with Crippen LogP contribution in [0.4, 0.5) is 29.6 Å². The van der Waals surface area contributed by atoms with Crippen LogP contribution in [0, 0.1) is 6.92 Å². The van der Waals surface area contributed by atoms with Gasteiger partial charge in [-0.25, -0.2) is 14.8 Å². The topological polar surface area (TPSA) is 101 Å². The van der Waals surface area contributed by atoms with Crippen molar-refractivity contribution in [1.82, 2.24) is 29.5 Å². The number of nitrogens with zero attached hydrogens (tertiary/aromatic N) is 8. The Kier molecular flexibility index (Phi) is 8.39. The Morgan fingerprint density at radius 3 is 2.33 bits per heavy atom. The third kappa shape index (κ3) is 5.99. The molecule has 1 atom stereocenters. The molecule has 262 valence electrons. The van der Waals surface area contributed by atoms with E-state index in [1.165, 1.54) is 5.69 Å². The molecule has 0 bridgehead atoms. The first-order chi connectivity index (χ1) is 23.7. The van der Waals surface area contributed by atoms with E-state index in [0.717, 1.165) is 24.0 Å². The number of hydrogen-bond donors (Lipinski definition) is 0. The molecule has 5 saturated heterocycles. The number of aromatic nitrogens is 4. The standard InChI is InChI=1S/C34H41F3N8O4/c1-23-16-38-45(26-19-47-20-26)30(23)25-7-9-42(10-8-25)28-15-29(40-31(39-28)34(35,36)37)44-17-27(33(44)21-48-22-33)41-11-13-43(14-12-41)32(46)49-18-24-5-3-2-4-6-24/h2-6,15-16,25-27H,7-14,17-22H2,1H3. The van der Waals surface area contributed by atoms with Crippen molar-refractivity contribution in [2.75, 3.05) is 82.0 Å². The van der Waals surface area contributed by atoms with Gasteiger partial charge in [0.1, 0.15) is 23.8 Å². The molecule has 8 rings (SSSR count). The highest BCUT2D eigenvalue weighted by Gasteiger charge is 2.61. The lowest BCUT2D eigenvalue weighted by atomic mass is 9.76. The van der Waals surface area contributed by atoms with Gasteiger partial charge in [0, 0.05) is 63.5 Å². The summed E-state index contributed by atoms with van der Waals surface area (Å²) in [6.45, 7) is 8.41. The van der Waals surface area contributed by atoms with Crippen LogP contribution in [0.25, 0.3) is 0 Å². The van der Waals surface area contributed by atoms with Gasteiger partial charge in [0.2, 0.25) is 5.82 Å². The van der Waals surface area contributed by atoms with Crippen LogP contribution in [0.15, 0.2) is 42.6 Å². The van der Waals surface area contributed by atoms with E-state index in [2.05, 4.69) is 31.6 Å². The third-order valence-electron chi connectivity index (χ3n) is 10.9. The van der Waals surface area contributed by atoms with Gasteiger partial charge in [0.05, 0.1) is 44.7 Å². The molecular weight excluding hydrogens is 641 g/mol. The lowest BCUT2D eigenvalue weighted by Gasteiger charge is -2.66. The zero-order valence-electron chi connectivity index (χ0n) is 27.5. The molecule has 7 heterocycles. The average molecular weight is 683 g/mol. The summed E-state index contributed by atoms with van der Waals surface area (Å²) in [6, 6.07) is 11.6. The Hall–Kier alpha value is -3.95. The predicted octanol–water partition coefficient (Wildman–Crippen LogP) is 3.87. The molecule has 1 aromatic carbocycles. The van der Waals surface area contributed by atoms with Crippen molar-refractivity contribution < 1.29 is 32.2 Å². The predicted molar refractivity (Wildman–Crippen MR) is 172 cm³/mol. The van der Waals surface area contributed by atoms with Crippen molar-refractivity contribution in [3.63, 3.8) is 0 Å². The Bertz CT molecular complexity index is 1650. The molecule has 0 saturated carbocycles. The maximum absolute atomic E-state index is 14.2. The summed E-state index contributed by atoms with van der Waals surface area (Å²) in [6.07, 6.45) is -1.55. The second-order valence-corrected chi connectivity index (χ2v) is 13.8. The lowest BCUT2D eigenvalue weighted by molar-refractivity contribution is -0.145. The van der Waals surface area contributed by atoms with Crippen LogP contribution in [-0.4, -0.2) is 119 Å². The summed E-state index contributed by atoms with van der Waals surface area (Å²) in [4.78, 5) is 28.8. The van der Waals surface area contributed by atoms with Crippen LogP contribution >= 0.6 is 0 Å². The SMILES string of the molecule is Cc1cnn(C2COC2)c1C1CCN(c2cc(N3CC(N4CCN(C(=O)OCc5ccccc5)CC4)C34COC4)nc(C(F)(F)F)n2)CC1. The number of carbonyl (C=O) groups is 1. The number of alkyl halides is 3. The molecule has 3 aromatic rings. The van der Waals surface area contributed by atoms with E-state index in [1.807, 2.05) is 46.3 Å². The minimum atomic E-state index is -4.68. The molecular formula is C34H41F3N8O4. The highest BCUT2D eigenvalue weighted by molar-refractivity contribution is 5.67. The normalized spacial score (nSPS) is 23.3. The van der Waals surface area contributed by atoms with Gasteiger partial charge in [-0.05, 0) is 30.9 Å². The van der Waals surface area contributed by atoms with Gasteiger partial charge in [-0.3, -0.25) is 9.58 Å². The van der Waals surface area contributed by atoms with Crippen molar-refractivity contribution in [1.29, 1.82) is 0 Å². The van der Waals surface area contributed by atoms with Gasteiger partial charge < -0.3 is 28.9 Å². The van der Waals surface area contributed by atoms with Gasteiger partial charge in [-0.1, -0.05) is 30.3 Å². The quantitative estimate of drug-likeness (QED) is 0.365. The molecule has 2 aromatic heterocycles. The number of ether oxygens (including phenoxy) is 3. The van der Waals surface area contributed by atoms with E-state index in [1.54, 1.807) is 11.0 Å². The highest BCUT2D eigenvalue weighted by atomic mass is 19.4. The minimum absolute atomic E-state index is 0.0707. The zero-order chi connectivity index (χ0) is 33.8. The molecule has 5 fully saturated rings. The third-order valence-corrected chi connectivity index (χ3v) is 10.9. The summed E-state index contributed by atoms with van der Waals surface area (Å²) in [5.41, 5.74) is 2.80. The molecule has 1 unspecified atom stereocenters. The van der Waals surface area contributed by atoms with E-state index >= 15 is 0 Å². The van der Waals surface area contributed by atoms with Gasteiger partial charge >= 0.3 is 12.3 Å². The molecule has 1 amide bonds. The van der Waals surface area contributed by atoms with Crippen LogP contribution < -0.4 is 9.80 Å². The summed E-state index contributed by atoms with van der Waals surface area (Å²) < 4.78 is 61.3. The number of anilines is 2. The fourth-order valence-electron chi connectivity index (χ4n) is 7.91. The second-order valence-electron chi connectivity index (χ2n) is 13.8. The van der Waals surface area contributed by atoms with Crippen LogP contribution in [0.1, 0.15) is 47.4 Å². The number of piperidine rings is 1. The molecule has 0 aliphatic carbocycles. The van der Waals surface area contributed by atoms with Gasteiger partial charge in [-0.2, -0.15) is 18.3 Å². The van der Waals surface area contributed by atoms with Gasteiger partial charge in [0.25, 0.3) is 0 Å². The zero-order valence-corrected chi connectivity index (χ0v) is 27.5. The fraction of sp³-hybridized carbons (Fsp3) is 0.588.